The van der Waals surface area contributed by atoms with Gasteiger partial charge in [-0.25, -0.2) is 0 Å². The number of benzene rings is 1. The van der Waals surface area contributed by atoms with Crippen LogP contribution in [0.1, 0.15) is 49.3 Å². The van der Waals surface area contributed by atoms with Crippen molar-refractivity contribution in [1.82, 2.24) is 0 Å². The molecule has 1 fully saturated rings. The minimum atomic E-state index is 0.847. The lowest BCUT2D eigenvalue weighted by atomic mass is 9.98. The first kappa shape index (κ1) is 10.3. The van der Waals surface area contributed by atoms with Crippen molar-refractivity contribution in [2.75, 3.05) is 0 Å². The van der Waals surface area contributed by atoms with Crippen LogP contribution >= 0.6 is 11.3 Å². The van der Waals surface area contributed by atoms with E-state index >= 15 is 0 Å². The average Bonchev–Trinajstić information content (AvgIpc) is 2.56. The number of rotatable bonds is 1. The Kier molecular flexibility index (Phi) is 2.96. The molecule has 0 amide bonds. The monoisotopic (exact) mass is 230 g/mol. The van der Waals surface area contributed by atoms with Gasteiger partial charge in [0.2, 0.25) is 0 Å². The third-order valence-electron chi connectivity index (χ3n) is 3.70. The van der Waals surface area contributed by atoms with Crippen LogP contribution in [0.2, 0.25) is 0 Å². The first-order valence-corrected chi connectivity index (χ1v) is 7.23. The molecule has 1 aliphatic carbocycles. The zero-order valence-corrected chi connectivity index (χ0v) is 10.4. The molecule has 1 saturated carbocycles. The summed E-state index contributed by atoms with van der Waals surface area (Å²) >= 11 is 2.01. The van der Waals surface area contributed by atoms with Crippen molar-refractivity contribution in [3.05, 3.63) is 35.2 Å². The maximum Gasteiger partial charge on any atom is 0.0345 e. The van der Waals surface area contributed by atoms with E-state index in [4.69, 9.17) is 0 Å². The molecule has 1 aromatic heterocycles. The minimum Gasteiger partial charge on any atom is -0.140 e. The Labute approximate surface area is 101 Å². The molecule has 0 nitrogen and oxygen atoms in total. The zero-order valence-electron chi connectivity index (χ0n) is 9.61. The first-order chi connectivity index (χ1) is 7.93. The van der Waals surface area contributed by atoms with E-state index in [2.05, 4.69) is 30.3 Å². The van der Waals surface area contributed by atoms with E-state index in [9.17, 15) is 0 Å². The van der Waals surface area contributed by atoms with Crippen molar-refractivity contribution in [2.45, 2.75) is 44.4 Å². The Morgan fingerprint density at radius 2 is 1.69 bits per heavy atom. The summed E-state index contributed by atoms with van der Waals surface area (Å²) in [6, 6.07) is 11.2. The molecule has 84 valence electrons. The number of fused-ring (bicyclic) bond motifs is 1. The predicted molar refractivity (Wildman–Crippen MR) is 72.3 cm³/mol. The topological polar surface area (TPSA) is 0 Å². The third kappa shape index (κ3) is 2.01. The molecule has 0 bridgehead atoms. The zero-order chi connectivity index (χ0) is 10.8. The normalized spacial score (nSPS) is 18.8. The molecule has 3 rings (SSSR count). The molecule has 0 N–H and O–H groups in total. The van der Waals surface area contributed by atoms with E-state index < -0.39 is 0 Å². The number of thiophene rings is 1. The molecule has 1 heteroatoms. The smallest absolute Gasteiger partial charge is 0.0345 e. The molecule has 2 aromatic rings. The molecule has 0 saturated heterocycles. The number of hydrogen-bond acceptors (Lipinski definition) is 1. The van der Waals surface area contributed by atoms with Gasteiger partial charge >= 0.3 is 0 Å². The fourth-order valence-corrected chi connectivity index (χ4v) is 4.00. The van der Waals surface area contributed by atoms with Crippen LogP contribution in [0, 0.1) is 0 Å². The summed E-state index contributed by atoms with van der Waals surface area (Å²) in [4.78, 5) is 1.63. The molecule has 0 atom stereocenters. The summed E-state index contributed by atoms with van der Waals surface area (Å²) in [7, 11) is 0. The van der Waals surface area contributed by atoms with Gasteiger partial charge in [-0.1, -0.05) is 43.9 Å². The highest BCUT2D eigenvalue weighted by Crippen LogP contribution is 2.37. The van der Waals surface area contributed by atoms with Crippen LogP contribution in [0.15, 0.2) is 30.3 Å². The van der Waals surface area contributed by atoms with Crippen molar-refractivity contribution in [1.29, 1.82) is 0 Å². The predicted octanol–water partition coefficient (Wildman–Crippen LogP) is 5.34. The Bertz CT molecular complexity index is 428. The Balaban J connectivity index is 1.92. The van der Waals surface area contributed by atoms with E-state index in [1.165, 1.54) is 48.6 Å². The summed E-state index contributed by atoms with van der Waals surface area (Å²) in [5, 5.41) is 1.44. The highest BCUT2D eigenvalue weighted by atomic mass is 32.1. The summed E-state index contributed by atoms with van der Waals surface area (Å²) in [5.41, 5.74) is 0. The summed E-state index contributed by atoms with van der Waals surface area (Å²) in [5.74, 6) is 0.847. The van der Waals surface area contributed by atoms with E-state index in [0.717, 1.165) is 5.92 Å². The van der Waals surface area contributed by atoms with Gasteiger partial charge < -0.3 is 0 Å². The molecule has 16 heavy (non-hydrogen) atoms. The fraction of sp³-hybridized carbons (Fsp3) is 0.467. The second-order valence-corrected chi connectivity index (χ2v) is 5.99. The van der Waals surface area contributed by atoms with Gasteiger partial charge in [0.25, 0.3) is 0 Å². The van der Waals surface area contributed by atoms with Crippen molar-refractivity contribution < 1.29 is 0 Å². The van der Waals surface area contributed by atoms with Crippen LogP contribution in [0.3, 0.4) is 0 Å². The van der Waals surface area contributed by atoms with Crippen LogP contribution < -0.4 is 0 Å². The largest absolute Gasteiger partial charge is 0.140 e. The fourth-order valence-electron chi connectivity index (χ4n) is 2.77. The molecular weight excluding hydrogens is 212 g/mol. The molecule has 1 heterocycles. The molecule has 0 spiro atoms. The molecule has 1 aromatic carbocycles. The van der Waals surface area contributed by atoms with Crippen LogP contribution in [0.5, 0.6) is 0 Å². The van der Waals surface area contributed by atoms with Gasteiger partial charge in [0.15, 0.2) is 0 Å². The Morgan fingerprint density at radius 1 is 0.938 bits per heavy atom. The highest BCUT2D eigenvalue weighted by Gasteiger charge is 2.16. The Hall–Kier alpha value is -0.820. The van der Waals surface area contributed by atoms with E-state index in [1.54, 1.807) is 4.88 Å². The van der Waals surface area contributed by atoms with Crippen LogP contribution in [0.25, 0.3) is 10.1 Å². The lowest BCUT2D eigenvalue weighted by Gasteiger charge is -2.10. The van der Waals surface area contributed by atoms with Crippen LogP contribution in [0.4, 0.5) is 0 Å². The lowest BCUT2D eigenvalue weighted by molar-refractivity contribution is 0.602. The van der Waals surface area contributed by atoms with Gasteiger partial charge in [0, 0.05) is 9.58 Å². The van der Waals surface area contributed by atoms with Crippen LogP contribution in [-0.4, -0.2) is 0 Å². The molecule has 0 aliphatic heterocycles. The van der Waals surface area contributed by atoms with Crippen LogP contribution in [-0.2, 0) is 0 Å². The van der Waals surface area contributed by atoms with Crippen molar-refractivity contribution in [2.24, 2.45) is 0 Å². The molecule has 1 aliphatic rings. The van der Waals surface area contributed by atoms with Gasteiger partial charge in [0.1, 0.15) is 0 Å². The number of hydrogen-bond donors (Lipinski definition) is 0. The van der Waals surface area contributed by atoms with Crippen molar-refractivity contribution in [3.63, 3.8) is 0 Å². The van der Waals surface area contributed by atoms with Gasteiger partial charge in [-0.2, -0.15) is 0 Å². The molecule has 0 radical (unpaired) electrons. The minimum absolute atomic E-state index is 0.847. The van der Waals surface area contributed by atoms with E-state index in [1.807, 2.05) is 11.3 Å². The van der Waals surface area contributed by atoms with E-state index in [-0.39, 0.29) is 0 Å². The van der Waals surface area contributed by atoms with Crippen molar-refractivity contribution >= 4 is 21.4 Å². The summed E-state index contributed by atoms with van der Waals surface area (Å²) < 4.78 is 1.46. The second kappa shape index (κ2) is 4.58. The van der Waals surface area contributed by atoms with Gasteiger partial charge in [-0.3, -0.25) is 0 Å². The summed E-state index contributed by atoms with van der Waals surface area (Å²) in [6.07, 6.45) is 8.57. The molecular formula is C15H18S. The SMILES string of the molecule is c1ccc2sc(C3CCCCCC3)cc2c1. The van der Waals surface area contributed by atoms with Crippen molar-refractivity contribution in [3.8, 4) is 0 Å². The average molecular weight is 230 g/mol. The first-order valence-electron chi connectivity index (χ1n) is 6.42. The summed E-state index contributed by atoms with van der Waals surface area (Å²) in [6.45, 7) is 0. The second-order valence-electron chi connectivity index (χ2n) is 4.88. The maximum atomic E-state index is 2.43. The Morgan fingerprint density at radius 3 is 2.44 bits per heavy atom. The maximum absolute atomic E-state index is 2.43. The van der Waals surface area contributed by atoms with Gasteiger partial charge in [-0.05, 0) is 36.3 Å². The lowest BCUT2D eigenvalue weighted by Crippen LogP contribution is -1.93. The standard InChI is InChI=1S/C15H18S/c1-2-4-8-12(7-3-1)15-11-13-9-5-6-10-14(13)16-15/h5-6,9-12H,1-4,7-8H2. The highest BCUT2D eigenvalue weighted by molar-refractivity contribution is 7.19. The van der Waals surface area contributed by atoms with Gasteiger partial charge in [-0.15, -0.1) is 11.3 Å². The third-order valence-corrected chi connectivity index (χ3v) is 4.98. The molecule has 0 unspecified atom stereocenters. The van der Waals surface area contributed by atoms with E-state index in [0.29, 0.717) is 0 Å². The van der Waals surface area contributed by atoms with Gasteiger partial charge in [0.05, 0.1) is 0 Å². The quantitative estimate of drug-likeness (QED) is 0.580.